The highest BCUT2D eigenvalue weighted by Gasteiger charge is 2.08. The Labute approximate surface area is 108 Å². The predicted molar refractivity (Wildman–Crippen MR) is 65.3 cm³/mol. The topological polar surface area (TPSA) is 56.7 Å². The lowest BCUT2D eigenvalue weighted by Gasteiger charge is -2.04. The van der Waals surface area contributed by atoms with Crippen LogP contribution in [0.4, 0.5) is 10.3 Å². The van der Waals surface area contributed by atoms with E-state index in [0.717, 1.165) is 4.47 Å². The van der Waals surface area contributed by atoms with Gasteiger partial charge in [-0.2, -0.15) is 4.98 Å². The summed E-state index contributed by atoms with van der Waals surface area (Å²) in [7, 11) is 0. The number of halogens is 3. The fraction of sp³-hybridized carbons (Fsp3) is 0.111. The number of aromatic nitrogens is 3. The van der Waals surface area contributed by atoms with Gasteiger partial charge in [0.25, 0.3) is 0 Å². The molecule has 4 nitrogen and oxygen atoms in total. The van der Waals surface area contributed by atoms with Crippen LogP contribution in [-0.4, -0.2) is 14.8 Å². The van der Waals surface area contributed by atoms with Gasteiger partial charge in [0.2, 0.25) is 5.95 Å². The van der Waals surface area contributed by atoms with E-state index >= 15 is 0 Å². The van der Waals surface area contributed by atoms with Gasteiger partial charge in [-0.3, -0.25) is 0 Å². The summed E-state index contributed by atoms with van der Waals surface area (Å²) >= 11 is 6.48. The number of rotatable bonds is 2. The Hall–Kier alpha value is -0.950. The van der Waals surface area contributed by atoms with Crippen molar-refractivity contribution < 1.29 is 4.39 Å². The summed E-state index contributed by atoms with van der Waals surface area (Å²) in [4.78, 5) is 3.87. The lowest BCUT2D eigenvalue weighted by molar-refractivity contribution is 0.580. The molecule has 16 heavy (non-hydrogen) atoms. The van der Waals surface area contributed by atoms with Crippen molar-refractivity contribution in [3.63, 3.8) is 0 Å². The lowest BCUT2D eigenvalue weighted by atomic mass is 10.2. The summed E-state index contributed by atoms with van der Waals surface area (Å²) in [6.45, 7) is 0.274. The van der Waals surface area contributed by atoms with Gasteiger partial charge in [-0.15, -0.1) is 5.10 Å². The Morgan fingerprint density at radius 2 is 2.12 bits per heavy atom. The summed E-state index contributed by atoms with van der Waals surface area (Å²) in [5, 5.41) is 3.93. The fourth-order valence-electron chi connectivity index (χ4n) is 1.27. The Morgan fingerprint density at radius 3 is 2.75 bits per heavy atom. The van der Waals surface area contributed by atoms with E-state index in [1.165, 1.54) is 10.7 Å². The SMILES string of the molecule is Nc1nc(Br)n(Cc2cc(Br)ccc2F)n1. The van der Waals surface area contributed by atoms with E-state index < -0.39 is 0 Å². The van der Waals surface area contributed by atoms with Crippen molar-refractivity contribution in [2.75, 3.05) is 5.73 Å². The zero-order valence-electron chi connectivity index (χ0n) is 7.99. The highest BCUT2D eigenvalue weighted by molar-refractivity contribution is 9.10. The molecule has 0 amide bonds. The smallest absolute Gasteiger partial charge is 0.240 e. The maximum absolute atomic E-state index is 13.5. The quantitative estimate of drug-likeness (QED) is 0.906. The fourth-order valence-corrected chi connectivity index (χ4v) is 2.06. The van der Waals surface area contributed by atoms with Gasteiger partial charge in [-0.05, 0) is 34.1 Å². The number of hydrogen-bond acceptors (Lipinski definition) is 3. The summed E-state index contributed by atoms with van der Waals surface area (Å²) in [6, 6.07) is 4.73. The number of nitrogen functional groups attached to an aromatic ring is 1. The predicted octanol–water partition coefficient (Wildman–Crippen LogP) is 2.57. The average Bonchev–Trinajstić information content (AvgIpc) is 2.51. The Kier molecular flexibility index (Phi) is 3.25. The van der Waals surface area contributed by atoms with E-state index in [9.17, 15) is 4.39 Å². The molecule has 0 bridgehead atoms. The Bertz CT molecular complexity index is 526. The van der Waals surface area contributed by atoms with Crippen LogP contribution < -0.4 is 5.73 Å². The number of nitrogens with two attached hydrogens (primary N) is 1. The van der Waals surface area contributed by atoms with E-state index in [1.54, 1.807) is 12.1 Å². The van der Waals surface area contributed by atoms with Crippen molar-refractivity contribution >= 4 is 37.8 Å². The van der Waals surface area contributed by atoms with E-state index in [0.29, 0.717) is 10.3 Å². The molecule has 0 radical (unpaired) electrons. The first-order valence-electron chi connectivity index (χ1n) is 4.36. The highest BCUT2D eigenvalue weighted by Crippen LogP contribution is 2.18. The van der Waals surface area contributed by atoms with Gasteiger partial charge in [0, 0.05) is 10.0 Å². The third-order valence-corrected chi connectivity index (χ3v) is 3.05. The molecule has 2 N–H and O–H groups in total. The van der Waals surface area contributed by atoms with Crippen LogP contribution >= 0.6 is 31.9 Å². The van der Waals surface area contributed by atoms with Crippen LogP contribution in [0.3, 0.4) is 0 Å². The minimum atomic E-state index is -0.288. The van der Waals surface area contributed by atoms with Crippen LogP contribution in [0.15, 0.2) is 27.4 Å². The minimum Gasteiger partial charge on any atom is -0.366 e. The van der Waals surface area contributed by atoms with Gasteiger partial charge in [0.1, 0.15) is 5.82 Å². The molecule has 0 saturated carbocycles. The molecule has 0 fully saturated rings. The summed E-state index contributed by atoms with van der Waals surface area (Å²) in [6.07, 6.45) is 0. The number of anilines is 1. The van der Waals surface area contributed by atoms with Crippen LogP contribution in [-0.2, 0) is 6.54 Å². The summed E-state index contributed by atoms with van der Waals surface area (Å²) in [5.41, 5.74) is 5.94. The monoisotopic (exact) mass is 348 g/mol. The zero-order chi connectivity index (χ0) is 11.7. The molecule has 2 aromatic rings. The highest BCUT2D eigenvalue weighted by atomic mass is 79.9. The van der Waals surface area contributed by atoms with Gasteiger partial charge >= 0.3 is 0 Å². The van der Waals surface area contributed by atoms with Gasteiger partial charge in [-0.1, -0.05) is 15.9 Å². The van der Waals surface area contributed by atoms with Crippen LogP contribution in [0.1, 0.15) is 5.56 Å². The van der Waals surface area contributed by atoms with Gasteiger partial charge < -0.3 is 5.73 Å². The number of nitrogens with zero attached hydrogens (tertiary/aromatic N) is 3. The Balaban J connectivity index is 2.33. The third kappa shape index (κ3) is 2.41. The first-order valence-corrected chi connectivity index (χ1v) is 5.94. The van der Waals surface area contributed by atoms with E-state index in [4.69, 9.17) is 5.73 Å². The third-order valence-electron chi connectivity index (χ3n) is 1.97. The molecule has 0 aliphatic carbocycles. The molecule has 2 rings (SSSR count). The van der Waals surface area contributed by atoms with E-state index in [1.807, 2.05) is 0 Å². The molecule has 84 valence electrons. The van der Waals surface area contributed by atoms with Crippen LogP contribution in [0.5, 0.6) is 0 Å². The lowest BCUT2D eigenvalue weighted by Crippen LogP contribution is -2.04. The molecule has 1 aromatic carbocycles. The van der Waals surface area contributed by atoms with Gasteiger partial charge in [0.15, 0.2) is 4.73 Å². The van der Waals surface area contributed by atoms with Crippen molar-refractivity contribution in [2.24, 2.45) is 0 Å². The maximum Gasteiger partial charge on any atom is 0.240 e. The number of hydrogen-bond donors (Lipinski definition) is 1. The minimum absolute atomic E-state index is 0.155. The molecule has 0 atom stereocenters. The second kappa shape index (κ2) is 4.50. The molecule has 0 aliphatic heterocycles. The normalized spacial score (nSPS) is 10.7. The van der Waals surface area contributed by atoms with E-state index in [2.05, 4.69) is 41.9 Å². The molecule has 0 aliphatic rings. The standard InChI is InChI=1S/C9H7Br2FN4/c10-6-1-2-7(12)5(3-6)4-16-8(11)14-9(13)15-16/h1-3H,4H2,(H2,13,15). The van der Waals surface area contributed by atoms with Crippen molar-refractivity contribution in [1.82, 2.24) is 14.8 Å². The zero-order valence-corrected chi connectivity index (χ0v) is 11.2. The molecule has 0 unspecified atom stereocenters. The van der Waals surface area contributed by atoms with Crippen molar-refractivity contribution in [3.8, 4) is 0 Å². The van der Waals surface area contributed by atoms with Gasteiger partial charge in [0.05, 0.1) is 6.54 Å². The van der Waals surface area contributed by atoms with E-state index in [-0.39, 0.29) is 18.3 Å². The largest absolute Gasteiger partial charge is 0.366 e. The molecule has 0 saturated heterocycles. The summed E-state index contributed by atoms with van der Waals surface area (Å²) < 4.78 is 16.2. The summed E-state index contributed by atoms with van der Waals surface area (Å²) in [5.74, 6) is -0.133. The number of benzene rings is 1. The molecule has 7 heteroatoms. The molecule has 0 spiro atoms. The second-order valence-electron chi connectivity index (χ2n) is 3.13. The Morgan fingerprint density at radius 1 is 1.38 bits per heavy atom. The average molecular weight is 350 g/mol. The first-order chi connectivity index (χ1) is 7.56. The second-order valence-corrected chi connectivity index (χ2v) is 4.76. The maximum atomic E-state index is 13.5. The van der Waals surface area contributed by atoms with Gasteiger partial charge in [-0.25, -0.2) is 9.07 Å². The van der Waals surface area contributed by atoms with Crippen LogP contribution in [0.2, 0.25) is 0 Å². The molecular weight excluding hydrogens is 343 g/mol. The molecule has 1 aromatic heterocycles. The van der Waals surface area contributed by atoms with Crippen LogP contribution in [0, 0.1) is 5.82 Å². The van der Waals surface area contributed by atoms with Crippen molar-refractivity contribution in [1.29, 1.82) is 0 Å². The first kappa shape index (κ1) is 11.5. The molecule has 1 heterocycles. The van der Waals surface area contributed by atoms with Crippen molar-refractivity contribution in [2.45, 2.75) is 6.54 Å². The van der Waals surface area contributed by atoms with Crippen molar-refractivity contribution in [3.05, 3.63) is 38.8 Å². The van der Waals surface area contributed by atoms with Crippen LogP contribution in [0.25, 0.3) is 0 Å². The molecular formula is C9H7Br2FN4.